The lowest BCUT2D eigenvalue weighted by atomic mass is 10.1. The van der Waals surface area contributed by atoms with Crippen molar-refractivity contribution in [3.8, 4) is 0 Å². The van der Waals surface area contributed by atoms with E-state index in [1.165, 1.54) is 0 Å². The van der Waals surface area contributed by atoms with E-state index in [4.69, 9.17) is 16.3 Å². The second-order valence-corrected chi connectivity index (χ2v) is 6.35. The number of carbonyl (C=O) groups excluding carboxylic acids is 2. The number of nitrogens with one attached hydrogen (secondary N) is 1. The average molecular weight is 387 g/mol. The van der Waals surface area contributed by atoms with Crippen LogP contribution in [0.3, 0.4) is 0 Å². The van der Waals surface area contributed by atoms with Gasteiger partial charge in [-0.2, -0.15) is 0 Å². The van der Waals surface area contributed by atoms with Crippen LogP contribution in [0.4, 0.5) is 0 Å². The number of hydrogen-bond donors (Lipinski definition) is 1. The van der Waals surface area contributed by atoms with Crippen LogP contribution in [-0.4, -0.2) is 40.0 Å². The molecule has 0 atom stereocenters. The van der Waals surface area contributed by atoms with Crippen LogP contribution >= 0.6 is 11.6 Å². The molecule has 0 fully saturated rings. The van der Waals surface area contributed by atoms with Crippen molar-refractivity contribution in [3.05, 3.63) is 58.6 Å². The summed E-state index contributed by atoms with van der Waals surface area (Å²) >= 11 is 5.83. The fraction of sp³-hybridized carbons (Fsp3) is 0.263. The van der Waals surface area contributed by atoms with Gasteiger partial charge in [-0.1, -0.05) is 28.9 Å². The molecule has 0 saturated heterocycles. The molecule has 3 aromatic rings. The lowest BCUT2D eigenvalue weighted by Crippen LogP contribution is -2.30. The lowest BCUT2D eigenvalue weighted by molar-refractivity contribution is -0.124. The fourth-order valence-electron chi connectivity index (χ4n) is 2.60. The van der Waals surface area contributed by atoms with Crippen molar-refractivity contribution in [2.24, 2.45) is 0 Å². The summed E-state index contributed by atoms with van der Waals surface area (Å²) in [6.07, 6.45) is 0.667. The Balaban J connectivity index is 1.46. The summed E-state index contributed by atoms with van der Waals surface area (Å²) < 4.78 is 6.80. The molecular formula is C19H19ClN4O3. The Morgan fingerprint density at radius 3 is 2.70 bits per heavy atom. The van der Waals surface area contributed by atoms with E-state index in [-0.39, 0.29) is 12.5 Å². The largest absolute Gasteiger partial charge is 0.452 e. The van der Waals surface area contributed by atoms with Crippen molar-refractivity contribution in [1.29, 1.82) is 0 Å². The molecule has 27 heavy (non-hydrogen) atoms. The highest BCUT2D eigenvalue weighted by Crippen LogP contribution is 2.14. The molecule has 7 nitrogen and oxygen atoms in total. The van der Waals surface area contributed by atoms with E-state index >= 15 is 0 Å². The maximum Gasteiger partial charge on any atom is 0.338 e. The number of aryl methyl sites for hydroxylation is 1. The number of rotatable bonds is 7. The first kappa shape index (κ1) is 18.8. The van der Waals surface area contributed by atoms with E-state index < -0.39 is 5.97 Å². The molecule has 0 bridgehead atoms. The lowest BCUT2D eigenvalue weighted by Gasteiger charge is -2.07. The highest BCUT2D eigenvalue weighted by Gasteiger charge is 2.12. The van der Waals surface area contributed by atoms with Crippen LogP contribution < -0.4 is 5.32 Å². The molecular weight excluding hydrogens is 368 g/mol. The van der Waals surface area contributed by atoms with Gasteiger partial charge in [0.05, 0.1) is 11.1 Å². The third-order valence-corrected chi connectivity index (χ3v) is 4.28. The first-order chi connectivity index (χ1) is 13.1. The van der Waals surface area contributed by atoms with Gasteiger partial charge in [0.15, 0.2) is 6.61 Å². The van der Waals surface area contributed by atoms with Crippen molar-refractivity contribution in [2.75, 3.05) is 13.2 Å². The number of benzene rings is 2. The zero-order valence-electron chi connectivity index (χ0n) is 14.8. The molecule has 0 spiro atoms. The Bertz CT molecular complexity index is 953. The summed E-state index contributed by atoms with van der Waals surface area (Å²) in [6.45, 7) is 2.77. The second kappa shape index (κ2) is 8.64. The van der Waals surface area contributed by atoms with Crippen molar-refractivity contribution < 1.29 is 14.3 Å². The number of aromatic nitrogens is 3. The van der Waals surface area contributed by atoms with Crippen LogP contribution in [0.25, 0.3) is 11.0 Å². The van der Waals surface area contributed by atoms with Crippen LogP contribution in [0.15, 0.2) is 42.5 Å². The fourth-order valence-corrected chi connectivity index (χ4v) is 2.72. The first-order valence-electron chi connectivity index (χ1n) is 8.58. The van der Waals surface area contributed by atoms with E-state index in [0.717, 1.165) is 11.1 Å². The number of ether oxygens (including phenoxy) is 1. The monoisotopic (exact) mass is 386 g/mol. The number of carbonyl (C=O) groups is 2. The molecule has 1 aromatic heterocycles. The molecule has 1 amide bonds. The molecule has 1 N–H and O–H groups in total. The Kier molecular flexibility index (Phi) is 6.03. The van der Waals surface area contributed by atoms with Gasteiger partial charge in [0, 0.05) is 18.1 Å². The molecule has 0 aliphatic carbocycles. The Morgan fingerprint density at radius 2 is 1.96 bits per heavy atom. The quantitative estimate of drug-likeness (QED) is 0.631. The van der Waals surface area contributed by atoms with Gasteiger partial charge in [0.1, 0.15) is 5.52 Å². The molecule has 0 radical (unpaired) electrons. The van der Waals surface area contributed by atoms with Crippen molar-refractivity contribution >= 4 is 34.5 Å². The summed E-state index contributed by atoms with van der Waals surface area (Å²) in [5, 5.41) is 11.4. The van der Waals surface area contributed by atoms with Crippen LogP contribution in [0, 0.1) is 0 Å². The summed E-state index contributed by atoms with van der Waals surface area (Å²) in [5.41, 5.74) is 2.84. The SMILES string of the molecule is CCn1nnc2cc(C(=O)OCC(=O)NCCc3ccc(Cl)cc3)ccc21. The van der Waals surface area contributed by atoms with Gasteiger partial charge in [0.2, 0.25) is 0 Å². The third-order valence-electron chi connectivity index (χ3n) is 4.03. The van der Waals surface area contributed by atoms with Crippen LogP contribution in [0.5, 0.6) is 0 Å². The van der Waals surface area contributed by atoms with Gasteiger partial charge in [-0.3, -0.25) is 4.79 Å². The Morgan fingerprint density at radius 1 is 1.19 bits per heavy atom. The zero-order valence-corrected chi connectivity index (χ0v) is 15.6. The molecule has 140 valence electrons. The molecule has 1 heterocycles. The number of nitrogens with zero attached hydrogens (tertiary/aromatic N) is 3. The molecule has 0 saturated carbocycles. The number of halogens is 1. The third kappa shape index (κ3) is 4.83. The van der Waals surface area contributed by atoms with Gasteiger partial charge < -0.3 is 10.1 Å². The van der Waals surface area contributed by atoms with Crippen LogP contribution in [0.2, 0.25) is 5.02 Å². The summed E-state index contributed by atoms with van der Waals surface area (Å²) in [5.74, 6) is -0.925. The molecule has 0 unspecified atom stereocenters. The smallest absolute Gasteiger partial charge is 0.338 e. The molecule has 0 aliphatic rings. The molecule has 2 aromatic carbocycles. The molecule has 3 rings (SSSR count). The van der Waals surface area contributed by atoms with Gasteiger partial charge >= 0.3 is 5.97 Å². The maximum atomic E-state index is 12.1. The first-order valence-corrected chi connectivity index (χ1v) is 8.96. The second-order valence-electron chi connectivity index (χ2n) is 5.91. The predicted octanol–water partition coefficient (Wildman–Crippen LogP) is 2.62. The highest BCUT2D eigenvalue weighted by atomic mass is 35.5. The van der Waals surface area contributed by atoms with Crippen molar-refractivity contribution in [2.45, 2.75) is 19.9 Å². The van der Waals surface area contributed by atoms with Gasteiger partial charge in [0.25, 0.3) is 5.91 Å². The van der Waals surface area contributed by atoms with Gasteiger partial charge in [-0.05, 0) is 49.2 Å². The number of esters is 1. The van der Waals surface area contributed by atoms with Crippen LogP contribution in [-0.2, 0) is 22.5 Å². The minimum atomic E-state index is -0.573. The standard InChI is InChI=1S/C19H19ClN4O3/c1-2-24-17-8-5-14(11-16(17)22-23-24)19(26)27-12-18(25)21-10-9-13-3-6-15(20)7-4-13/h3-8,11H,2,9-10,12H2,1H3,(H,21,25). The topological polar surface area (TPSA) is 86.1 Å². The summed E-state index contributed by atoms with van der Waals surface area (Å²) in [7, 11) is 0. The Labute approximate surface area is 161 Å². The van der Waals surface area contributed by atoms with Crippen LogP contribution in [0.1, 0.15) is 22.8 Å². The van der Waals surface area contributed by atoms with E-state index in [0.29, 0.717) is 35.6 Å². The number of fused-ring (bicyclic) bond motifs is 1. The van der Waals surface area contributed by atoms with E-state index in [9.17, 15) is 9.59 Å². The van der Waals surface area contributed by atoms with Crippen molar-refractivity contribution in [3.63, 3.8) is 0 Å². The normalized spacial score (nSPS) is 10.7. The van der Waals surface area contributed by atoms with Crippen molar-refractivity contribution in [1.82, 2.24) is 20.3 Å². The Hall–Kier alpha value is -2.93. The number of amides is 1. The summed E-state index contributed by atoms with van der Waals surface area (Å²) in [6, 6.07) is 12.4. The maximum absolute atomic E-state index is 12.1. The summed E-state index contributed by atoms with van der Waals surface area (Å²) in [4.78, 5) is 24.0. The van der Waals surface area contributed by atoms with E-state index in [2.05, 4.69) is 15.6 Å². The molecule has 8 heteroatoms. The van der Waals surface area contributed by atoms with E-state index in [1.54, 1.807) is 35.0 Å². The van der Waals surface area contributed by atoms with Gasteiger partial charge in [-0.25, -0.2) is 9.48 Å². The van der Waals surface area contributed by atoms with Gasteiger partial charge in [-0.15, -0.1) is 5.10 Å². The molecule has 0 aliphatic heterocycles. The average Bonchev–Trinajstić information content (AvgIpc) is 3.10. The predicted molar refractivity (Wildman–Crippen MR) is 102 cm³/mol. The zero-order chi connectivity index (χ0) is 19.2. The minimum absolute atomic E-state index is 0.333. The highest BCUT2D eigenvalue weighted by molar-refractivity contribution is 6.30. The van der Waals surface area contributed by atoms with E-state index in [1.807, 2.05) is 19.1 Å². The minimum Gasteiger partial charge on any atom is -0.452 e. The number of hydrogen-bond acceptors (Lipinski definition) is 5.